The minimum Gasteiger partial charge on any atom is -0.453 e. The summed E-state index contributed by atoms with van der Waals surface area (Å²) in [6.07, 6.45) is 1.44. The van der Waals surface area contributed by atoms with Crippen molar-refractivity contribution < 1.29 is 19.1 Å². The predicted octanol–water partition coefficient (Wildman–Crippen LogP) is 2.46. The number of piperazine rings is 1. The molecule has 0 aliphatic carbocycles. The fourth-order valence-corrected chi connectivity index (χ4v) is 4.26. The molecule has 2 aromatic rings. The van der Waals surface area contributed by atoms with Gasteiger partial charge in [0.15, 0.2) is 18.2 Å². The molecule has 0 radical (unpaired) electrons. The van der Waals surface area contributed by atoms with Crippen LogP contribution in [0.3, 0.4) is 0 Å². The van der Waals surface area contributed by atoms with Gasteiger partial charge >= 0.3 is 5.97 Å². The number of nitrogens with one attached hydrogen (secondary N) is 1. The van der Waals surface area contributed by atoms with Crippen LogP contribution >= 0.6 is 11.6 Å². The Bertz CT molecular complexity index is 1130. The van der Waals surface area contributed by atoms with Crippen LogP contribution in [0.25, 0.3) is 11.0 Å². The zero-order chi connectivity index (χ0) is 24.1. The fraction of sp³-hybridized carbons (Fsp3) is 0.500. The number of hydrogen-bond donors (Lipinski definition) is 1. The van der Waals surface area contributed by atoms with Crippen molar-refractivity contribution in [3.63, 3.8) is 0 Å². The Morgan fingerprint density at radius 2 is 2.00 bits per heavy atom. The summed E-state index contributed by atoms with van der Waals surface area (Å²) < 4.78 is 10.4. The van der Waals surface area contributed by atoms with E-state index in [-0.39, 0.29) is 24.6 Å². The van der Waals surface area contributed by atoms with Gasteiger partial charge in [-0.2, -0.15) is 0 Å². The first-order valence-corrected chi connectivity index (χ1v) is 11.9. The average Bonchev–Trinajstić information content (AvgIpc) is 3.37. The summed E-state index contributed by atoms with van der Waals surface area (Å²) in [6, 6.07) is 3.53. The molecule has 180 valence electrons. The number of benzene rings is 1. The second-order valence-electron chi connectivity index (χ2n) is 8.14. The van der Waals surface area contributed by atoms with E-state index in [0.29, 0.717) is 66.8 Å². The van der Waals surface area contributed by atoms with E-state index in [2.05, 4.69) is 22.1 Å². The zero-order valence-corrected chi connectivity index (χ0v) is 20.2. The highest BCUT2D eigenvalue weighted by Crippen LogP contribution is 2.29. The third-order valence-corrected chi connectivity index (χ3v) is 6.06. The van der Waals surface area contributed by atoms with E-state index in [1.54, 1.807) is 12.1 Å². The molecule has 1 amide bonds. The maximum absolute atomic E-state index is 12.7. The molecule has 2 aliphatic rings. The number of rotatable bonds is 5. The van der Waals surface area contributed by atoms with Gasteiger partial charge in [-0.25, -0.2) is 9.97 Å². The highest BCUT2D eigenvalue weighted by molar-refractivity contribution is 6.32. The largest absolute Gasteiger partial charge is 0.453 e. The minimum absolute atomic E-state index is 0.00508. The number of esters is 1. The van der Waals surface area contributed by atoms with E-state index in [1.807, 2.05) is 11.8 Å². The summed E-state index contributed by atoms with van der Waals surface area (Å²) in [7, 11) is 0. The van der Waals surface area contributed by atoms with Gasteiger partial charge in [-0.15, -0.1) is 0 Å². The van der Waals surface area contributed by atoms with Gasteiger partial charge in [-0.05, 0) is 31.9 Å². The van der Waals surface area contributed by atoms with Gasteiger partial charge in [-0.3, -0.25) is 9.59 Å². The van der Waals surface area contributed by atoms with E-state index in [0.717, 1.165) is 18.7 Å². The number of aromatic nitrogens is 2. The van der Waals surface area contributed by atoms with Crippen molar-refractivity contribution >= 4 is 46.1 Å². The third kappa shape index (κ3) is 5.51. The Morgan fingerprint density at radius 3 is 2.68 bits per heavy atom. The molecule has 0 bridgehead atoms. The van der Waals surface area contributed by atoms with Crippen LogP contribution in [-0.4, -0.2) is 78.8 Å². The second-order valence-corrected chi connectivity index (χ2v) is 8.55. The molecule has 1 atom stereocenters. The number of anilines is 2. The number of nitrogens with zero attached hydrogens (tertiary/aromatic N) is 4. The van der Waals surface area contributed by atoms with E-state index in [1.165, 1.54) is 6.92 Å². The molecule has 9 nitrogen and oxygen atoms in total. The number of hydrogen-bond acceptors (Lipinski definition) is 8. The number of fused-ring (bicyclic) bond motifs is 1. The number of ether oxygens (including phenoxy) is 2. The molecular weight excluding hydrogens is 458 g/mol. The summed E-state index contributed by atoms with van der Waals surface area (Å²) >= 11 is 6.41. The van der Waals surface area contributed by atoms with E-state index in [4.69, 9.17) is 31.0 Å². The van der Waals surface area contributed by atoms with Crippen LogP contribution in [0.5, 0.6) is 0 Å². The van der Waals surface area contributed by atoms with Crippen molar-refractivity contribution in [3.8, 4) is 11.8 Å². The van der Waals surface area contributed by atoms with Crippen molar-refractivity contribution in [3.05, 3.63) is 22.7 Å². The summed E-state index contributed by atoms with van der Waals surface area (Å²) in [4.78, 5) is 37.3. The topological polar surface area (TPSA) is 96.9 Å². The van der Waals surface area contributed by atoms with Gasteiger partial charge in [0.25, 0.3) is 5.91 Å². The van der Waals surface area contributed by atoms with Crippen molar-refractivity contribution in [1.29, 1.82) is 0 Å². The third-order valence-electron chi connectivity index (χ3n) is 5.75. The monoisotopic (exact) mass is 485 g/mol. The second kappa shape index (κ2) is 10.9. The SMILES string of the molecule is CCNc1nc2cc(Cl)c(C#CCOC(C)=O)cc2nc1N1CCN(C(=O)[C@H]2CCCO2)CC1. The molecule has 2 aliphatic heterocycles. The van der Waals surface area contributed by atoms with Crippen LogP contribution in [0.4, 0.5) is 11.6 Å². The Hall–Kier alpha value is -3.09. The molecule has 0 spiro atoms. The summed E-state index contributed by atoms with van der Waals surface area (Å²) in [5, 5.41) is 3.75. The van der Waals surface area contributed by atoms with Gasteiger partial charge in [0.05, 0.1) is 16.1 Å². The molecule has 2 saturated heterocycles. The molecule has 2 fully saturated rings. The predicted molar refractivity (Wildman–Crippen MR) is 130 cm³/mol. The smallest absolute Gasteiger partial charge is 0.303 e. The summed E-state index contributed by atoms with van der Waals surface area (Å²) in [5.74, 6) is 6.84. The Balaban J connectivity index is 1.56. The van der Waals surface area contributed by atoms with Gasteiger partial charge in [0.1, 0.15) is 6.10 Å². The first kappa shape index (κ1) is 24.0. The molecule has 1 N–H and O–H groups in total. The molecule has 34 heavy (non-hydrogen) atoms. The maximum Gasteiger partial charge on any atom is 0.303 e. The molecule has 10 heteroatoms. The lowest BCUT2D eigenvalue weighted by Crippen LogP contribution is -2.51. The Morgan fingerprint density at radius 1 is 1.24 bits per heavy atom. The fourth-order valence-electron chi connectivity index (χ4n) is 4.05. The lowest BCUT2D eigenvalue weighted by molar-refractivity contribution is -0.141. The first-order chi connectivity index (χ1) is 16.5. The van der Waals surface area contributed by atoms with Crippen LogP contribution in [0.2, 0.25) is 5.02 Å². The summed E-state index contributed by atoms with van der Waals surface area (Å²) in [5.41, 5.74) is 1.91. The van der Waals surface area contributed by atoms with Crippen molar-refractivity contribution in [2.75, 3.05) is 56.2 Å². The number of carbonyl (C=O) groups is 2. The number of amides is 1. The number of carbonyl (C=O) groups excluding carboxylic acids is 2. The molecule has 0 saturated carbocycles. The Kier molecular flexibility index (Phi) is 7.70. The maximum atomic E-state index is 12.7. The lowest BCUT2D eigenvalue weighted by Gasteiger charge is -2.36. The highest BCUT2D eigenvalue weighted by Gasteiger charge is 2.31. The zero-order valence-electron chi connectivity index (χ0n) is 19.4. The minimum atomic E-state index is -0.386. The van der Waals surface area contributed by atoms with Gasteiger partial charge in [0.2, 0.25) is 0 Å². The molecule has 3 heterocycles. The molecule has 1 aromatic carbocycles. The highest BCUT2D eigenvalue weighted by atomic mass is 35.5. The van der Waals surface area contributed by atoms with Crippen molar-refractivity contribution in [2.24, 2.45) is 0 Å². The average molecular weight is 486 g/mol. The summed E-state index contributed by atoms with van der Waals surface area (Å²) in [6.45, 7) is 7.21. The Labute approximate surface area is 203 Å². The first-order valence-electron chi connectivity index (χ1n) is 11.5. The van der Waals surface area contributed by atoms with Gasteiger partial charge in [0, 0.05) is 51.8 Å². The van der Waals surface area contributed by atoms with Crippen LogP contribution in [0.1, 0.15) is 32.3 Å². The standard InChI is InChI=1S/C24H28ClN5O4/c1-3-26-22-23(29-8-10-30(11-9-29)24(32)21-7-5-13-34-21)28-19-14-17(6-4-12-33-16(2)31)18(25)15-20(19)27-22/h14-15,21H,3,5,7-13H2,1-2H3,(H,26,27)/t21-/m1/s1. The molecule has 4 rings (SSSR count). The van der Waals surface area contributed by atoms with Gasteiger partial charge < -0.3 is 24.6 Å². The molecular formula is C24H28ClN5O4. The van der Waals surface area contributed by atoms with E-state index in [9.17, 15) is 9.59 Å². The lowest BCUT2D eigenvalue weighted by atomic mass is 10.2. The number of halogens is 1. The van der Waals surface area contributed by atoms with Crippen LogP contribution in [0, 0.1) is 11.8 Å². The van der Waals surface area contributed by atoms with E-state index < -0.39 is 0 Å². The van der Waals surface area contributed by atoms with Crippen LogP contribution < -0.4 is 10.2 Å². The van der Waals surface area contributed by atoms with E-state index >= 15 is 0 Å². The normalized spacial score (nSPS) is 17.9. The van der Waals surface area contributed by atoms with Crippen LogP contribution in [-0.2, 0) is 19.1 Å². The van der Waals surface area contributed by atoms with Crippen LogP contribution in [0.15, 0.2) is 12.1 Å². The molecule has 0 unspecified atom stereocenters. The van der Waals surface area contributed by atoms with Crippen molar-refractivity contribution in [1.82, 2.24) is 14.9 Å². The van der Waals surface area contributed by atoms with Gasteiger partial charge in [-0.1, -0.05) is 23.4 Å². The van der Waals surface area contributed by atoms with Crippen molar-refractivity contribution in [2.45, 2.75) is 32.8 Å². The quantitative estimate of drug-likeness (QED) is 0.509. The molecule has 1 aromatic heterocycles.